The molecule has 3 heterocycles. The first-order valence-corrected chi connectivity index (χ1v) is 23.2. The average Bonchev–Trinajstić information content (AvgIpc) is 3.29. The minimum absolute atomic E-state index is 0.243. The number of aliphatic hydroxyl groups excluding tert-OH is 11. The maximum Gasteiger partial charge on any atom is 0.220 e. The molecule has 17 atom stereocenters. The molecule has 19 heteroatoms. The Morgan fingerprint density at radius 2 is 1.08 bits per heavy atom. The number of amides is 1. The Bertz CT molecular complexity index is 1340. The Hall–Kier alpha value is -1.99. The summed E-state index contributed by atoms with van der Waals surface area (Å²) in [6.07, 6.45) is -0.736. The van der Waals surface area contributed by atoms with E-state index < -0.39 is 124 Å². The predicted molar refractivity (Wildman–Crippen MR) is 231 cm³/mol. The molecule has 3 aliphatic rings. The molecule has 3 rings (SSSR count). The van der Waals surface area contributed by atoms with Crippen LogP contribution >= 0.6 is 0 Å². The molecule has 0 aromatic heterocycles. The molecule has 3 fully saturated rings. The quantitative estimate of drug-likeness (QED) is 0.0330. The van der Waals surface area contributed by atoms with Gasteiger partial charge in [-0.3, -0.25) is 4.79 Å². The molecule has 19 nitrogen and oxygen atoms in total. The second-order valence-corrected chi connectivity index (χ2v) is 16.8. The number of hydrogen-bond donors (Lipinski definition) is 12. The molecule has 0 spiro atoms. The monoisotopic (exact) mass is 922 g/mol. The van der Waals surface area contributed by atoms with E-state index in [2.05, 4.69) is 55.6 Å². The van der Waals surface area contributed by atoms with Crippen molar-refractivity contribution in [2.45, 2.75) is 214 Å². The molecule has 0 aromatic rings. The Morgan fingerprint density at radius 1 is 0.578 bits per heavy atom. The zero-order valence-electron chi connectivity index (χ0n) is 37.5. The van der Waals surface area contributed by atoms with Gasteiger partial charge in [-0.25, -0.2) is 0 Å². The van der Waals surface area contributed by atoms with Gasteiger partial charge in [0.2, 0.25) is 5.91 Å². The molecule has 0 aromatic carbocycles. The van der Waals surface area contributed by atoms with E-state index >= 15 is 0 Å². The molecule has 0 aliphatic carbocycles. The summed E-state index contributed by atoms with van der Waals surface area (Å²) in [5.41, 5.74) is 0. The van der Waals surface area contributed by atoms with Crippen LogP contribution < -0.4 is 5.32 Å². The van der Waals surface area contributed by atoms with Crippen LogP contribution in [0.1, 0.15) is 110 Å². The number of unbranched alkanes of at least 4 members (excludes halogenated alkanes) is 8. The first kappa shape index (κ1) is 56.3. The van der Waals surface area contributed by atoms with Gasteiger partial charge in [0.05, 0.1) is 38.6 Å². The Kier molecular flexibility index (Phi) is 27.4. The number of allylic oxidation sites excluding steroid dienone is 6. The average molecular weight is 922 g/mol. The van der Waals surface area contributed by atoms with Crippen LogP contribution in [0.15, 0.2) is 36.5 Å². The maximum atomic E-state index is 13.1. The largest absolute Gasteiger partial charge is 0.394 e. The van der Waals surface area contributed by atoms with E-state index in [1.807, 2.05) is 0 Å². The van der Waals surface area contributed by atoms with Gasteiger partial charge in [-0.05, 0) is 44.9 Å². The van der Waals surface area contributed by atoms with Gasteiger partial charge in [-0.15, -0.1) is 0 Å². The molecule has 3 aliphatic heterocycles. The smallest absolute Gasteiger partial charge is 0.220 e. The standard InChI is InChI=1S/C45H79NO18/c1-3-5-7-9-10-11-12-13-14-15-16-17-18-19-21-23-33(51)46-28(29(50)22-20-8-6-4-2)27-59-43-39(57)36(54)41(31(25-48)61-43)64-45-40(58)37(55)42(32(26-49)62-45)63-44-38(56)35(53)34(52)30(24-47)60-44/h5,7,10-11,13-14,28-32,34-45,47-50,52-58H,3-4,6,8-9,12,15-27H2,1-2H3,(H,46,51)/b7-5-,11-10-,14-13-. The Labute approximate surface area is 377 Å². The molecule has 0 radical (unpaired) electrons. The highest BCUT2D eigenvalue weighted by Crippen LogP contribution is 2.33. The van der Waals surface area contributed by atoms with E-state index in [1.54, 1.807) is 0 Å². The third kappa shape index (κ3) is 17.9. The highest BCUT2D eigenvalue weighted by Gasteiger charge is 2.53. The van der Waals surface area contributed by atoms with E-state index in [4.69, 9.17) is 28.4 Å². The Balaban J connectivity index is 1.52. The van der Waals surface area contributed by atoms with Gasteiger partial charge in [-0.2, -0.15) is 0 Å². The fourth-order valence-corrected chi connectivity index (χ4v) is 7.79. The van der Waals surface area contributed by atoms with E-state index in [9.17, 15) is 61.0 Å². The third-order valence-corrected chi connectivity index (χ3v) is 11.7. The van der Waals surface area contributed by atoms with Gasteiger partial charge in [0.25, 0.3) is 0 Å². The van der Waals surface area contributed by atoms with Crippen molar-refractivity contribution in [3.05, 3.63) is 36.5 Å². The minimum Gasteiger partial charge on any atom is -0.394 e. The van der Waals surface area contributed by atoms with Crippen LogP contribution in [0.4, 0.5) is 0 Å². The summed E-state index contributed by atoms with van der Waals surface area (Å²) in [7, 11) is 0. The molecule has 0 saturated carbocycles. The zero-order valence-corrected chi connectivity index (χ0v) is 37.5. The summed E-state index contributed by atoms with van der Waals surface area (Å²) in [6.45, 7) is 1.46. The van der Waals surface area contributed by atoms with Gasteiger partial charge in [0, 0.05) is 6.42 Å². The lowest BCUT2D eigenvalue weighted by Gasteiger charge is -2.48. The van der Waals surface area contributed by atoms with Crippen molar-refractivity contribution in [1.82, 2.24) is 5.32 Å². The van der Waals surface area contributed by atoms with Crippen LogP contribution in [-0.4, -0.2) is 193 Å². The van der Waals surface area contributed by atoms with E-state index in [1.165, 1.54) is 0 Å². The summed E-state index contributed by atoms with van der Waals surface area (Å²) in [5.74, 6) is -0.274. The van der Waals surface area contributed by atoms with E-state index in [0.29, 0.717) is 19.3 Å². The normalized spacial score (nSPS) is 34.8. The number of nitrogens with one attached hydrogen (secondary N) is 1. The number of aliphatic hydroxyl groups is 11. The molecule has 64 heavy (non-hydrogen) atoms. The second kappa shape index (κ2) is 31.1. The molecule has 1 amide bonds. The summed E-state index contributed by atoms with van der Waals surface area (Å²) in [6, 6.07) is -0.890. The third-order valence-electron chi connectivity index (χ3n) is 11.7. The van der Waals surface area contributed by atoms with Crippen LogP contribution in [0.2, 0.25) is 0 Å². The van der Waals surface area contributed by atoms with Crippen LogP contribution in [0.5, 0.6) is 0 Å². The molecule has 17 unspecified atom stereocenters. The number of ether oxygens (including phenoxy) is 6. The van der Waals surface area contributed by atoms with Crippen LogP contribution in [-0.2, 0) is 33.2 Å². The minimum atomic E-state index is -1.97. The van der Waals surface area contributed by atoms with Gasteiger partial charge < -0.3 is 89.9 Å². The molecule has 3 saturated heterocycles. The van der Waals surface area contributed by atoms with Gasteiger partial charge in [0.15, 0.2) is 18.9 Å². The van der Waals surface area contributed by atoms with Crippen molar-refractivity contribution in [3.63, 3.8) is 0 Å². The summed E-state index contributed by atoms with van der Waals surface area (Å²) >= 11 is 0. The van der Waals surface area contributed by atoms with Gasteiger partial charge in [-0.1, -0.05) is 95.2 Å². The SMILES string of the molecule is CC/C=C\C/C=C\C/C=C\CCCCCCCC(=O)NC(COC1OC(CO)C(OC2OC(CO)C(OC3OC(CO)C(O)C(O)C3O)C(O)C2O)C(O)C1O)C(O)CCCCCC. The lowest BCUT2D eigenvalue weighted by Crippen LogP contribution is -2.66. The van der Waals surface area contributed by atoms with E-state index in [0.717, 1.165) is 70.6 Å². The topological polar surface area (TPSA) is 307 Å². The lowest BCUT2D eigenvalue weighted by atomic mass is 9.96. The first-order chi connectivity index (χ1) is 30.8. The van der Waals surface area contributed by atoms with Crippen molar-refractivity contribution in [3.8, 4) is 0 Å². The van der Waals surface area contributed by atoms with E-state index in [-0.39, 0.29) is 18.9 Å². The molecule has 12 N–H and O–H groups in total. The van der Waals surface area contributed by atoms with Gasteiger partial charge in [0.1, 0.15) is 73.2 Å². The molecule has 372 valence electrons. The Morgan fingerprint density at radius 3 is 1.67 bits per heavy atom. The zero-order chi connectivity index (χ0) is 47.0. The number of hydrogen-bond acceptors (Lipinski definition) is 18. The van der Waals surface area contributed by atoms with Crippen molar-refractivity contribution in [1.29, 1.82) is 0 Å². The lowest BCUT2D eigenvalue weighted by molar-refractivity contribution is -0.379. The highest BCUT2D eigenvalue weighted by atomic mass is 16.8. The van der Waals surface area contributed by atoms with Crippen LogP contribution in [0.25, 0.3) is 0 Å². The predicted octanol–water partition coefficient (Wildman–Crippen LogP) is -0.143. The van der Waals surface area contributed by atoms with Crippen molar-refractivity contribution in [2.75, 3.05) is 26.4 Å². The van der Waals surface area contributed by atoms with Crippen LogP contribution in [0.3, 0.4) is 0 Å². The first-order valence-electron chi connectivity index (χ1n) is 23.2. The number of rotatable bonds is 30. The number of carbonyl (C=O) groups excluding carboxylic acids is 1. The molecule has 0 bridgehead atoms. The summed E-state index contributed by atoms with van der Waals surface area (Å²) in [4.78, 5) is 13.1. The molecular formula is C45H79NO18. The fourth-order valence-electron chi connectivity index (χ4n) is 7.79. The summed E-state index contributed by atoms with van der Waals surface area (Å²) < 4.78 is 33.9. The second-order valence-electron chi connectivity index (χ2n) is 16.8. The van der Waals surface area contributed by atoms with Crippen LogP contribution in [0, 0.1) is 0 Å². The summed E-state index contributed by atoms with van der Waals surface area (Å²) in [5, 5.41) is 119. The van der Waals surface area contributed by atoms with Gasteiger partial charge >= 0.3 is 0 Å². The molecular weight excluding hydrogens is 842 g/mol. The maximum absolute atomic E-state index is 13.1. The fraction of sp³-hybridized carbons (Fsp3) is 0.844. The van der Waals surface area contributed by atoms with Crippen molar-refractivity contribution < 1.29 is 89.4 Å². The number of carbonyl (C=O) groups is 1. The van der Waals surface area contributed by atoms with Crippen molar-refractivity contribution in [2.24, 2.45) is 0 Å². The van der Waals surface area contributed by atoms with Crippen molar-refractivity contribution >= 4 is 5.91 Å². The highest BCUT2D eigenvalue weighted by molar-refractivity contribution is 5.76.